The van der Waals surface area contributed by atoms with Gasteiger partial charge in [0.2, 0.25) is 11.8 Å². The van der Waals surface area contributed by atoms with Gasteiger partial charge in [-0.3, -0.25) is 13.9 Å². The number of hydrogen-bond donors (Lipinski definition) is 4. The van der Waals surface area contributed by atoms with E-state index < -0.39 is 44.7 Å². The Balaban J connectivity index is 1.63. The summed E-state index contributed by atoms with van der Waals surface area (Å²) < 4.78 is 45.3. The van der Waals surface area contributed by atoms with E-state index in [1.54, 1.807) is 39.0 Å². The minimum absolute atomic E-state index is 0.0417. The second-order valence-corrected chi connectivity index (χ2v) is 14.8. The molecule has 0 saturated heterocycles. The highest BCUT2D eigenvalue weighted by Crippen LogP contribution is 2.47. The van der Waals surface area contributed by atoms with Crippen molar-refractivity contribution in [2.75, 3.05) is 25.6 Å². The molecule has 4 aromatic rings. The Kier molecular flexibility index (Phi) is 12.6. The van der Waals surface area contributed by atoms with Crippen LogP contribution in [0, 0.1) is 11.3 Å². The van der Waals surface area contributed by atoms with Gasteiger partial charge in [-0.1, -0.05) is 71.0 Å². The highest BCUT2D eigenvalue weighted by atomic mass is 31.2. The Morgan fingerprint density at radius 1 is 1.08 bits per heavy atom. The smallest absolute Gasteiger partial charge is 0.459 e. The second kappa shape index (κ2) is 16.2. The summed E-state index contributed by atoms with van der Waals surface area (Å²) in [6.07, 6.45) is -2.57. The van der Waals surface area contributed by atoms with Gasteiger partial charge in [0.15, 0.2) is 11.2 Å². The molecule has 15 nitrogen and oxygen atoms in total. The molecule has 5 N–H and O–H groups in total. The summed E-state index contributed by atoms with van der Waals surface area (Å²) in [4.78, 5) is 25.9. The number of benzene rings is 2. The van der Waals surface area contributed by atoms with Gasteiger partial charge >= 0.3 is 13.7 Å². The van der Waals surface area contributed by atoms with Crippen molar-refractivity contribution in [3.63, 3.8) is 0 Å². The molecular weight excluding hydrogens is 655 g/mol. The lowest BCUT2D eigenvalue weighted by atomic mass is 9.98. The van der Waals surface area contributed by atoms with Gasteiger partial charge in [0.05, 0.1) is 32.3 Å². The van der Waals surface area contributed by atoms with E-state index in [4.69, 9.17) is 29.0 Å². The SMILES string of the molecule is CCOc1nc(N)nc2c1ncn2CO[C@H](COP(=O)(N[C@H](C(=O)OCC(C)(C)C)C(C)C)Oc1cccc2ccccc12)[C@@H](O)C(C)O. The zero-order valence-electron chi connectivity index (χ0n) is 28.9. The molecule has 16 heteroatoms. The van der Waals surface area contributed by atoms with Gasteiger partial charge in [0.1, 0.15) is 30.7 Å². The molecular formula is C33H47N6O9P. The molecule has 0 bridgehead atoms. The average molecular weight is 703 g/mol. The number of nitrogens with two attached hydrogens (primary N) is 1. The third-order valence-corrected chi connectivity index (χ3v) is 8.80. The van der Waals surface area contributed by atoms with Crippen LogP contribution < -0.4 is 20.1 Å². The minimum atomic E-state index is -4.44. The van der Waals surface area contributed by atoms with Crippen LogP contribution in [0.3, 0.4) is 0 Å². The number of nitrogen functional groups attached to an aromatic ring is 1. The summed E-state index contributed by atoms with van der Waals surface area (Å²) in [6, 6.07) is 11.5. The molecule has 5 atom stereocenters. The summed E-state index contributed by atoms with van der Waals surface area (Å²) in [5.41, 5.74) is 6.23. The van der Waals surface area contributed by atoms with E-state index in [1.165, 1.54) is 17.8 Å². The number of anilines is 1. The molecule has 2 aromatic heterocycles. The molecule has 0 aliphatic carbocycles. The van der Waals surface area contributed by atoms with Crippen molar-refractivity contribution in [3.8, 4) is 11.6 Å². The Bertz CT molecular complexity index is 1750. The summed E-state index contributed by atoms with van der Waals surface area (Å²) in [5.74, 6) is -0.626. The lowest BCUT2D eigenvalue weighted by Crippen LogP contribution is -2.44. The van der Waals surface area contributed by atoms with Crippen LogP contribution in [-0.4, -0.2) is 79.9 Å². The molecule has 268 valence electrons. The van der Waals surface area contributed by atoms with E-state index in [0.717, 1.165) is 5.39 Å². The normalized spacial score (nSPS) is 15.9. The topological polar surface area (TPSA) is 202 Å². The molecule has 0 amide bonds. The molecule has 0 spiro atoms. The van der Waals surface area contributed by atoms with Crippen LogP contribution in [0.5, 0.6) is 11.6 Å². The van der Waals surface area contributed by atoms with Crippen molar-refractivity contribution in [1.82, 2.24) is 24.6 Å². The fraction of sp³-hybridized carbons (Fsp3) is 0.515. The first kappa shape index (κ1) is 38.0. The van der Waals surface area contributed by atoms with Crippen LogP contribution in [0.1, 0.15) is 48.5 Å². The van der Waals surface area contributed by atoms with Gasteiger partial charge in [-0.15, -0.1) is 0 Å². The monoisotopic (exact) mass is 702 g/mol. The van der Waals surface area contributed by atoms with E-state index in [0.29, 0.717) is 23.2 Å². The second-order valence-electron chi connectivity index (χ2n) is 13.2. The van der Waals surface area contributed by atoms with Crippen molar-refractivity contribution in [3.05, 3.63) is 48.8 Å². The predicted octanol–water partition coefficient (Wildman–Crippen LogP) is 4.45. The molecule has 2 unspecified atom stereocenters. The number of rotatable bonds is 17. The third-order valence-electron chi connectivity index (χ3n) is 7.28. The molecule has 0 saturated carbocycles. The lowest BCUT2D eigenvalue weighted by molar-refractivity contribution is -0.149. The number of aliphatic hydroxyl groups is 2. The lowest BCUT2D eigenvalue weighted by Gasteiger charge is -2.30. The molecule has 0 aliphatic heterocycles. The first-order valence-electron chi connectivity index (χ1n) is 16.1. The highest BCUT2D eigenvalue weighted by Gasteiger charge is 2.39. The van der Waals surface area contributed by atoms with E-state index in [-0.39, 0.29) is 42.2 Å². The Hall–Kier alpha value is -3.85. The molecule has 0 fully saturated rings. The number of carbonyl (C=O) groups excluding carboxylic acids is 1. The van der Waals surface area contributed by atoms with Gasteiger partial charge in [0.25, 0.3) is 0 Å². The minimum Gasteiger partial charge on any atom is -0.476 e. The number of carbonyl (C=O) groups is 1. The Morgan fingerprint density at radius 2 is 1.80 bits per heavy atom. The van der Waals surface area contributed by atoms with Gasteiger partial charge in [-0.2, -0.15) is 15.1 Å². The van der Waals surface area contributed by atoms with Crippen LogP contribution >= 0.6 is 7.75 Å². The molecule has 49 heavy (non-hydrogen) atoms. The van der Waals surface area contributed by atoms with Crippen molar-refractivity contribution < 1.29 is 42.8 Å². The van der Waals surface area contributed by atoms with Gasteiger partial charge in [-0.25, -0.2) is 9.55 Å². The zero-order valence-corrected chi connectivity index (χ0v) is 29.8. The fourth-order valence-electron chi connectivity index (χ4n) is 4.69. The third kappa shape index (κ3) is 10.1. The van der Waals surface area contributed by atoms with E-state index in [9.17, 15) is 19.6 Å². The van der Waals surface area contributed by atoms with Crippen molar-refractivity contribution in [1.29, 1.82) is 0 Å². The number of ether oxygens (including phenoxy) is 3. The van der Waals surface area contributed by atoms with Crippen molar-refractivity contribution in [2.24, 2.45) is 11.3 Å². The maximum atomic E-state index is 14.7. The predicted molar refractivity (Wildman–Crippen MR) is 184 cm³/mol. The van der Waals surface area contributed by atoms with E-state index in [2.05, 4.69) is 20.0 Å². The molecule has 0 aliphatic rings. The maximum absolute atomic E-state index is 14.7. The molecule has 2 heterocycles. The summed E-state index contributed by atoms with van der Waals surface area (Å²) in [7, 11) is -4.44. The quantitative estimate of drug-likeness (QED) is 0.0887. The van der Waals surface area contributed by atoms with Gasteiger partial charge in [-0.05, 0) is 36.6 Å². The van der Waals surface area contributed by atoms with Gasteiger partial charge in [0, 0.05) is 5.39 Å². The zero-order chi connectivity index (χ0) is 35.9. The number of imidazole rings is 1. The number of nitrogens with zero attached hydrogens (tertiary/aromatic N) is 4. The average Bonchev–Trinajstić information content (AvgIpc) is 3.44. The highest BCUT2D eigenvalue weighted by molar-refractivity contribution is 7.52. The Labute approximate surface area is 285 Å². The number of fused-ring (bicyclic) bond motifs is 2. The molecule has 0 radical (unpaired) electrons. The summed E-state index contributed by atoms with van der Waals surface area (Å²) in [6.45, 7) is 12.2. The van der Waals surface area contributed by atoms with E-state index >= 15 is 0 Å². The van der Waals surface area contributed by atoms with Gasteiger partial charge < -0.3 is 34.7 Å². The van der Waals surface area contributed by atoms with Crippen molar-refractivity contribution >= 4 is 41.6 Å². The molecule has 2 aromatic carbocycles. The molecule has 4 rings (SSSR count). The first-order chi connectivity index (χ1) is 23.1. The van der Waals surface area contributed by atoms with Crippen LogP contribution in [0.15, 0.2) is 48.8 Å². The van der Waals surface area contributed by atoms with Crippen LogP contribution in [0.4, 0.5) is 5.95 Å². The number of esters is 1. The van der Waals surface area contributed by atoms with E-state index in [1.807, 2.05) is 45.0 Å². The Morgan fingerprint density at radius 3 is 2.47 bits per heavy atom. The van der Waals surface area contributed by atoms with Crippen molar-refractivity contribution in [2.45, 2.75) is 79.6 Å². The number of aliphatic hydroxyl groups excluding tert-OH is 2. The van der Waals surface area contributed by atoms with Crippen LogP contribution in [-0.2, 0) is 30.1 Å². The number of nitrogens with one attached hydrogen (secondary N) is 1. The number of aromatic nitrogens is 4. The number of hydrogen-bond acceptors (Lipinski definition) is 13. The first-order valence-corrected chi connectivity index (χ1v) is 17.6. The summed E-state index contributed by atoms with van der Waals surface area (Å²) >= 11 is 0. The van der Waals surface area contributed by atoms with Crippen LogP contribution in [0.2, 0.25) is 0 Å². The largest absolute Gasteiger partial charge is 0.476 e. The fourth-order valence-corrected chi connectivity index (χ4v) is 6.37. The van der Waals surface area contributed by atoms with Crippen LogP contribution in [0.25, 0.3) is 21.9 Å². The maximum Gasteiger partial charge on any atom is 0.459 e. The summed E-state index contributed by atoms with van der Waals surface area (Å²) in [5, 5.41) is 25.5. The standard InChI is InChI=1S/C33H47N6O9P/c1-8-44-30-27-29(36-32(34)37-30)39(18-35-27)19-46-25(28(41)21(4)40)16-47-49(43,38-26(20(2)3)31(42)45-17-33(5,6)7)48-24-15-11-13-22-12-9-10-14-23(22)24/h9-15,18,20-21,25-26,28,40-41H,8,16-17,19H2,1-7H3,(H,38,43)(H2,34,36,37)/t21?,25-,26+,28+,49?/m1/s1.